The molecule has 1 heterocycles. The molecule has 1 aliphatic heterocycles. The van der Waals surface area contributed by atoms with Gasteiger partial charge in [-0.15, -0.1) is 0 Å². The summed E-state index contributed by atoms with van der Waals surface area (Å²) in [4.78, 5) is 26.0. The monoisotopic (exact) mass is 322 g/mol. The Balaban J connectivity index is 1.82. The quantitative estimate of drug-likeness (QED) is 0.745. The largest absolute Gasteiger partial charge is 0.341 e. The maximum Gasteiger partial charge on any atom is 0.263 e. The summed E-state index contributed by atoms with van der Waals surface area (Å²) in [7, 11) is 0. The van der Waals surface area contributed by atoms with Gasteiger partial charge in [-0.05, 0) is 12.8 Å². The Bertz CT molecular complexity index is 662. The molecular formula is C17H20F2N2O2. The number of allylic oxidation sites excluding steroid dienone is 1. The van der Waals surface area contributed by atoms with E-state index < -0.39 is 34.5 Å². The zero-order valence-corrected chi connectivity index (χ0v) is 13.5. The minimum Gasteiger partial charge on any atom is -0.341 e. The van der Waals surface area contributed by atoms with Gasteiger partial charge in [0.05, 0.1) is 5.57 Å². The third kappa shape index (κ3) is 2.29. The molecular weight excluding hydrogens is 302 g/mol. The molecule has 2 unspecified atom stereocenters. The average Bonchev–Trinajstić information content (AvgIpc) is 2.81. The molecule has 1 saturated heterocycles. The van der Waals surface area contributed by atoms with Crippen LogP contribution in [0.3, 0.4) is 0 Å². The molecule has 3 atom stereocenters. The van der Waals surface area contributed by atoms with Crippen LogP contribution in [0.5, 0.6) is 0 Å². The van der Waals surface area contributed by atoms with E-state index in [1.54, 1.807) is 19.9 Å². The van der Waals surface area contributed by atoms with Crippen LogP contribution in [-0.2, 0) is 9.59 Å². The zero-order chi connectivity index (χ0) is 17.2. The Hall–Kier alpha value is -1.77. The second-order valence-electron chi connectivity index (χ2n) is 7.87. The Labute approximate surface area is 134 Å². The molecule has 4 nitrogen and oxygen atoms in total. The van der Waals surface area contributed by atoms with Crippen molar-refractivity contribution in [1.29, 1.82) is 5.26 Å². The zero-order valence-electron chi connectivity index (χ0n) is 13.5. The van der Waals surface area contributed by atoms with Gasteiger partial charge in [0.25, 0.3) is 5.92 Å². The number of carbonyl (C=O) groups excluding carboxylic acids is 2. The van der Waals surface area contributed by atoms with Crippen LogP contribution < -0.4 is 0 Å². The van der Waals surface area contributed by atoms with E-state index in [-0.39, 0.29) is 11.4 Å². The molecule has 2 aliphatic carbocycles. The van der Waals surface area contributed by atoms with Crippen LogP contribution in [0.2, 0.25) is 0 Å². The smallest absolute Gasteiger partial charge is 0.263 e. The van der Waals surface area contributed by atoms with Gasteiger partial charge in [-0.3, -0.25) is 9.59 Å². The summed E-state index contributed by atoms with van der Waals surface area (Å²) in [5, 5.41) is 9.20. The number of hydrogen-bond acceptors (Lipinski definition) is 3. The summed E-state index contributed by atoms with van der Waals surface area (Å²) >= 11 is 0. The topological polar surface area (TPSA) is 61.2 Å². The van der Waals surface area contributed by atoms with Crippen LogP contribution in [-0.4, -0.2) is 35.6 Å². The minimum absolute atomic E-state index is 0.126. The summed E-state index contributed by atoms with van der Waals surface area (Å²) in [5.41, 5.74) is -0.998. The molecule has 1 saturated carbocycles. The van der Waals surface area contributed by atoms with Gasteiger partial charge < -0.3 is 4.90 Å². The Kier molecular flexibility index (Phi) is 3.24. The highest BCUT2D eigenvalue weighted by Gasteiger charge is 2.70. The number of likely N-dealkylation sites (tertiary alicyclic amines) is 1. The maximum absolute atomic E-state index is 13.5. The number of carbonyl (C=O) groups is 2. The van der Waals surface area contributed by atoms with Gasteiger partial charge in [-0.2, -0.15) is 5.26 Å². The summed E-state index contributed by atoms with van der Waals surface area (Å²) in [6.45, 7) is 5.70. The fourth-order valence-electron chi connectivity index (χ4n) is 4.23. The Morgan fingerprint density at radius 3 is 2.57 bits per heavy atom. The van der Waals surface area contributed by atoms with Crippen LogP contribution in [0.4, 0.5) is 8.78 Å². The first-order valence-corrected chi connectivity index (χ1v) is 7.88. The number of nitrogens with zero attached hydrogens (tertiary/aromatic N) is 2. The van der Waals surface area contributed by atoms with Crippen molar-refractivity contribution in [3.8, 4) is 6.07 Å². The molecule has 0 N–H and O–H groups in total. The molecule has 0 aromatic heterocycles. The number of rotatable bonds is 1. The summed E-state index contributed by atoms with van der Waals surface area (Å²) in [6.07, 6.45) is 2.81. The number of Topliss-reactive ketones (excluding diaryl/α,β-unsaturated/α-hetero) is 1. The lowest BCUT2D eigenvalue weighted by molar-refractivity contribution is -0.134. The second-order valence-corrected chi connectivity index (χ2v) is 7.87. The molecule has 0 radical (unpaired) electrons. The normalized spacial score (nSPS) is 37.5. The van der Waals surface area contributed by atoms with E-state index >= 15 is 0 Å². The lowest BCUT2D eigenvalue weighted by atomic mass is 9.64. The van der Waals surface area contributed by atoms with Crippen molar-refractivity contribution in [1.82, 2.24) is 4.90 Å². The molecule has 124 valence electrons. The van der Waals surface area contributed by atoms with E-state index in [0.717, 1.165) is 0 Å². The van der Waals surface area contributed by atoms with Crippen molar-refractivity contribution in [2.24, 2.45) is 22.7 Å². The molecule has 1 amide bonds. The highest BCUT2D eigenvalue weighted by molar-refractivity contribution is 6.03. The third-order valence-corrected chi connectivity index (χ3v) is 5.60. The van der Waals surface area contributed by atoms with Crippen LogP contribution in [0.25, 0.3) is 0 Å². The summed E-state index contributed by atoms with van der Waals surface area (Å²) in [5.74, 6) is -5.70. The molecule has 0 aromatic carbocycles. The van der Waals surface area contributed by atoms with Gasteiger partial charge >= 0.3 is 0 Å². The second kappa shape index (κ2) is 4.62. The first-order valence-electron chi connectivity index (χ1n) is 7.88. The predicted octanol–water partition coefficient (Wildman–Crippen LogP) is 2.56. The van der Waals surface area contributed by atoms with Crippen molar-refractivity contribution in [3.63, 3.8) is 0 Å². The molecule has 3 rings (SSSR count). The van der Waals surface area contributed by atoms with E-state index in [1.165, 1.54) is 11.8 Å². The fraction of sp³-hybridized carbons (Fsp3) is 0.706. The average molecular weight is 322 g/mol. The Morgan fingerprint density at radius 2 is 2.04 bits per heavy atom. The van der Waals surface area contributed by atoms with E-state index in [4.69, 9.17) is 0 Å². The molecule has 1 spiro atoms. The van der Waals surface area contributed by atoms with Crippen molar-refractivity contribution >= 4 is 11.7 Å². The van der Waals surface area contributed by atoms with E-state index in [9.17, 15) is 23.6 Å². The van der Waals surface area contributed by atoms with Crippen molar-refractivity contribution in [2.45, 2.75) is 39.5 Å². The highest BCUT2D eigenvalue weighted by Crippen LogP contribution is 2.56. The number of amides is 1. The standard InChI is InChI=1S/C17H20F2N2O2/c1-10-12(17(10,18)19)14(23)21-5-4-16(9-21)6-11(7-20)13(22)15(2,3)8-16/h6,10,12H,4-5,8-9H2,1-3H3/t10?,12?,16-/m1/s1. The van der Waals surface area contributed by atoms with E-state index in [0.29, 0.717) is 25.9 Å². The Morgan fingerprint density at radius 1 is 1.43 bits per heavy atom. The van der Waals surface area contributed by atoms with Crippen LogP contribution in [0.1, 0.15) is 33.6 Å². The highest BCUT2D eigenvalue weighted by atomic mass is 19.3. The van der Waals surface area contributed by atoms with Gasteiger partial charge in [0.15, 0.2) is 5.78 Å². The summed E-state index contributed by atoms with van der Waals surface area (Å²) in [6, 6.07) is 1.95. The van der Waals surface area contributed by atoms with Crippen LogP contribution >= 0.6 is 0 Å². The van der Waals surface area contributed by atoms with Crippen LogP contribution in [0.15, 0.2) is 11.6 Å². The number of halogens is 2. The van der Waals surface area contributed by atoms with Gasteiger partial charge in [0, 0.05) is 29.8 Å². The lowest BCUT2D eigenvalue weighted by Gasteiger charge is -2.38. The molecule has 3 aliphatic rings. The number of alkyl halides is 2. The first kappa shape index (κ1) is 16.1. The SMILES string of the molecule is CC1C(C(=O)N2CC[C@]3(C=C(C#N)C(=O)C(C)(C)C3)C2)C1(F)F. The van der Waals surface area contributed by atoms with Gasteiger partial charge in [0.1, 0.15) is 12.0 Å². The number of ketones is 1. The first-order chi connectivity index (χ1) is 10.5. The van der Waals surface area contributed by atoms with Crippen molar-refractivity contribution in [3.05, 3.63) is 11.6 Å². The molecule has 0 aromatic rings. The fourth-order valence-corrected chi connectivity index (χ4v) is 4.23. The van der Waals surface area contributed by atoms with E-state index in [2.05, 4.69) is 0 Å². The third-order valence-electron chi connectivity index (χ3n) is 5.60. The van der Waals surface area contributed by atoms with Crippen molar-refractivity contribution in [2.75, 3.05) is 13.1 Å². The van der Waals surface area contributed by atoms with E-state index in [1.807, 2.05) is 6.07 Å². The molecule has 23 heavy (non-hydrogen) atoms. The van der Waals surface area contributed by atoms with Crippen molar-refractivity contribution < 1.29 is 18.4 Å². The number of nitriles is 1. The van der Waals surface area contributed by atoms with Gasteiger partial charge in [-0.1, -0.05) is 26.8 Å². The molecule has 2 fully saturated rings. The van der Waals surface area contributed by atoms with Gasteiger partial charge in [0.2, 0.25) is 5.91 Å². The lowest BCUT2D eigenvalue weighted by Crippen LogP contribution is -2.41. The number of hydrogen-bond donors (Lipinski definition) is 0. The molecule has 6 heteroatoms. The minimum atomic E-state index is -2.90. The summed E-state index contributed by atoms with van der Waals surface area (Å²) < 4.78 is 26.9. The van der Waals surface area contributed by atoms with Gasteiger partial charge in [-0.25, -0.2) is 8.78 Å². The predicted molar refractivity (Wildman–Crippen MR) is 78.3 cm³/mol. The molecule has 0 bridgehead atoms. The van der Waals surface area contributed by atoms with Crippen LogP contribution in [0, 0.1) is 34.0 Å². The maximum atomic E-state index is 13.5.